The van der Waals surface area contributed by atoms with Crippen LogP contribution in [0.25, 0.3) is 0 Å². The first-order valence-electron chi connectivity index (χ1n) is 9.76. The molecule has 2 atom stereocenters. The number of carbonyl (C=O) groups is 1. The summed E-state index contributed by atoms with van der Waals surface area (Å²) in [6.07, 6.45) is 0.600. The maximum Gasteiger partial charge on any atom is 0.250 e. The van der Waals surface area contributed by atoms with E-state index in [1.807, 2.05) is 11.8 Å². The van der Waals surface area contributed by atoms with E-state index in [1.165, 1.54) is 4.31 Å². The Balaban J connectivity index is 1.31. The molecule has 2 heterocycles. The van der Waals surface area contributed by atoms with E-state index in [0.29, 0.717) is 30.1 Å². The zero-order valence-corrected chi connectivity index (χ0v) is 18.0. The van der Waals surface area contributed by atoms with Crippen LogP contribution >= 0.6 is 11.8 Å². The lowest BCUT2D eigenvalue weighted by Crippen LogP contribution is -2.42. The van der Waals surface area contributed by atoms with Gasteiger partial charge in [0.1, 0.15) is 17.6 Å². The number of anilines is 2. The summed E-state index contributed by atoms with van der Waals surface area (Å²) < 4.78 is 37.4. The van der Waals surface area contributed by atoms with E-state index in [0.717, 1.165) is 17.3 Å². The Hall–Kier alpha value is -2.39. The van der Waals surface area contributed by atoms with Crippen LogP contribution in [0.15, 0.2) is 48.5 Å². The smallest absolute Gasteiger partial charge is 0.250 e. The van der Waals surface area contributed by atoms with E-state index >= 15 is 0 Å². The lowest BCUT2D eigenvalue weighted by Gasteiger charge is -2.26. The molecule has 0 unspecified atom stereocenters. The van der Waals surface area contributed by atoms with Gasteiger partial charge in [-0.3, -0.25) is 9.10 Å². The van der Waals surface area contributed by atoms with Crippen molar-refractivity contribution in [3.05, 3.63) is 48.5 Å². The zero-order valence-electron chi connectivity index (χ0n) is 16.4. The molecule has 1 aliphatic carbocycles. The number of carbonyl (C=O) groups excluding carboxylic acids is 1. The number of amides is 1. The van der Waals surface area contributed by atoms with Crippen molar-refractivity contribution in [3.8, 4) is 11.5 Å². The molecule has 0 aromatic heterocycles. The molecular weight excluding hydrogens is 424 g/mol. The molecule has 2 aliphatic heterocycles. The number of methoxy groups -OCH3 is 1. The van der Waals surface area contributed by atoms with Crippen molar-refractivity contribution in [2.75, 3.05) is 34.8 Å². The van der Waals surface area contributed by atoms with Gasteiger partial charge in [-0.15, -0.1) is 0 Å². The highest BCUT2D eigenvalue weighted by atomic mass is 32.2. The lowest BCUT2D eigenvalue weighted by atomic mass is 10.2. The monoisotopic (exact) mass is 446 g/mol. The SMILES string of the molecule is COc1ccc(N2C[C@@H]3C[C@@]3(C(=O)Nc3ccc(OC4CSC4)cc3)S2(=O)=O)cc1. The molecule has 3 fully saturated rings. The minimum Gasteiger partial charge on any atom is -0.497 e. The Kier molecular flexibility index (Phi) is 4.62. The molecule has 0 bridgehead atoms. The van der Waals surface area contributed by atoms with Gasteiger partial charge in [-0.2, -0.15) is 11.8 Å². The van der Waals surface area contributed by atoms with E-state index in [-0.39, 0.29) is 12.0 Å². The van der Waals surface area contributed by atoms with Gasteiger partial charge < -0.3 is 14.8 Å². The minimum absolute atomic E-state index is 0.205. The van der Waals surface area contributed by atoms with Crippen LogP contribution in [-0.2, 0) is 14.8 Å². The van der Waals surface area contributed by atoms with Crippen molar-refractivity contribution in [1.82, 2.24) is 0 Å². The van der Waals surface area contributed by atoms with Crippen LogP contribution in [0.5, 0.6) is 11.5 Å². The highest BCUT2D eigenvalue weighted by Gasteiger charge is 2.75. The summed E-state index contributed by atoms with van der Waals surface area (Å²) in [5.74, 6) is 2.71. The van der Waals surface area contributed by atoms with Crippen LogP contribution in [0.3, 0.4) is 0 Å². The first-order chi connectivity index (χ1) is 14.4. The van der Waals surface area contributed by atoms with Gasteiger partial charge >= 0.3 is 0 Å². The molecule has 158 valence electrons. The summed E-state index contributed by atoms with van der Waals surface area (Å²) in [6, 6.07) is 13.9. The second-order valence-corrected chi connectivity index (χ2v) is 11.0. The van der Waals surface area contributed by atoms with E-state index in [4.69, 9.17) is 9.47 Å². The average molecular weight is 447 g/mol. The normalized spacial score (nSPS) is 26.4. The van der Waals surface area contributed by atoms with Crippen molar-refractivity contribution < 1.29 is 22.7 Å². The number of fused-ring (bicyclic) bond motifs is 1. The Morgan fingerprint density at radius 1 is 1.10 bits per heavy atom. The molecule has 5 rings (SSSR count). The second kappa shape index (κ2) is 7.09. The third-order valence-corrected chi connectivity index (χ3v) is 9.71. The fourth-order valence-electron chi connectivity index (χ4n) is 4.05. The number of thioether (sulfide) groups is 1. The molecule has 9 heteroatoms. The van der Waals surface area contributed by atoms with Gasteiger partial charge in [-0.1, -0.05) is 0 Å². The number of benzene rings is 2. The third-order valence-electron chi connectivity index (χ3n) is 5.95. The number of sulfonamides is 1. The summed E-state index contributed by atoms with van der Waals surface area (Å²) >= 11 is 1.85. The average Bonchev–Trinajstić information content (AvgIpc) is 3.41. The largest absolute Gasteiger partial charge is 0.497 e. The Morgan fingerprint density at radius 2 is 1.77 bits per heavy atom. The van der Waals surface area contributed by atoms with Gasteiger partial charge in [-0.25, -0.2) is 8.42 Å². The van der Waals surface area contributed by atoms with Crippen molar-refractivity contribution in [2.45, 2.75) is 17.3 Å². The fourth-order valence-corrected chi connectivity index (χ4v) is 6.97. The van der Waals surface area contributed by atoms with E-state index < -0.39 is 20.7 Å². The van der Waals surface area contributed by atoms with Gasteiger partial charge in [0.25, 0.3) is 0 Å². The van der Waals surface area contributed by atoms with Gasteiger partial charge in [0.05, 0.1) is 12.8 Å². The van der Waals surface area contributed by atoms with Crippen LogP contribution in [0.2, 0.25) is 0 Å². The number of hydrogen-bond donors (Lipinski definition) is 1. The van der Waals surface area contributed by atoms with Crippen molar-refractivity contribution in [2.24, 2.45) is 5.92 Å². The molecule has 1 N–H and O–H groups in total. The Morgan fingerprint density at radius 3 is 2.37 bits per heavy atom. The molecule has 2 saturated heterocycles. The molecule has 3 aliphatic rings. The van der Waals surface area contributed by atoms with Crippen molar-refractivity contribution in [3.63, 3.8) is 0 Å². The summed E-state index contributed by atoms with van der Waals surface area (Å²) in [5, 5.41) is 2.80. The van der Waals surface area contributed by atoms with Crippen molar-refractivity contribution in [1.29, 1.82) is 0 Å². The van der Waals surface area contributed by atoms with Crippen LogP contribution < -0.4 is 19.1 Å². The number of nitrogens with zero attached hydrogens (tertiary/aromatic N) is 1. The first-order valence-corrected chi connectivity index (χ1v) is 12.4. The second-order valence-electron chi connectivity index (χ2n) is 7.78. The molecule has 7 nitrogen and oxygen atoms in total. The van der Waals surface area contributed by atoms with Crippen molar-refractivity contribution >= 4 is 39.1 Å². The molecule has 0 radical (unpaired) electrons. The Labute approximate surface area is 179 Å². The summed E-state index contributed by atoms with van der Waals surface area (Å²) in [5.41, 5.74) is 1.11. The molecule has 30 heavy (non-hydrogen) atoms. The molecular formula is C21H22N2O5S2. The molecule has 1 saturated carbocycles. The molecule has 2 aromatic rings. The van der Waals surface area contributed by atoms with Crippen LogP contribution in [0.1, 0.15) is 6.42 Å². The topological polar surface area (TPSA) is 84.9 Å². The third kappa shape index (κ3) is 3.02. The number of nitrogens with one attached hydrogen (secondary N) is 1. The standard InChI is InChI=1S/C21H22N2O5S2/c1-27-17-8-4-16(5-9-17)23-11-14-10-21(14,30(23,25)26)20(24)22-15-2-6-18(7-3-15)28-19-12-29-13-19/h2-9,14,19H,10-13H2,1H3,(H,22,24)/t14-,21+/m0/s1. The fraction of sp³-hybridized carbons (Fsp3) is 0.381. The minimum atomic E-state index is -3.81. The predicted molar refractivity (Wildman–Crippen MR) is 117 cm³/mol. The number of rotatable bonds is 6. The Bertz CT molecular complexity index is 1070. The molecule has 0 spiro atoms. The maximum atomic E-state index is 13.3. The summed E-state index contributed by atoms with van der Waals surface area (Å²) in [4.78, 5) is 13.0. The molecule has 1 amide bonds. The van der Waals surface area contributed by atoms with Crippen LogP contribution in [0, 0.1) is 5.92 Å². The number of hydrogen-bond acceptors (Lipinski definition) is 6. The van der Waals surface area contributed by atoms with Gasteiger partial charge in [0.15, 0.2) is 4.75 Å². The van der Waals surface area contributed by atoms with E-state index in [1.54, 1.807) is 55.6 Å². The van der Waals surface area contributed by atoms with Gasteiger partial charge in [0.2, 0.25) is 15.9 Å². The maximum absolute atomic E-state index is 13.3. The van der Waals surface area contributed by atoms with Gasteiger partial charge in [-0.05, 0) is 55.0 Å². The van der Waals surface area contributed by atoms with Crippen LogP contribution in [-0.4, -0.2) is 50.3 Å². The predicted octanol–water partition coefficient (Wildman–Crippen LogP) is 2.74. The first kappa shape index (κ1) is 19.6. The molecule has 2 aromatic carbocycles. The highest BCUT2D eigenvalue weighted by molar-refractivity contribution is 8.00. The van der Waals surface area contributed by atoms with Gasteiger partial charge in [0, 0.05) is 29.7 Å². The summed E-state index contributed by atoms with van der Waals surface area (Å²) in [6.45, 7) is 0.314. The van der Waals surface area contributed by atoms with Crippen LogP contribution in [0.4, 0.5) is 11.4 Å². The lowest BCUT2D eigenvalue weighted by molar-refractivity contribution is -0.116. The zero-order chi connectivity index (χ0) is 20.9. The number of ether oxygens (including phenoxy) is 2. The highest BCUT2D eigenvalue weighted by Crippen LogP contribution is 2.58. The quantitative estimate of drug-likeness (QED) is 0.735. The van der Waals surface area contributed by atoms with E-state index in [9.17, 15) is 13.2 Å². The van der Waals surface area contributed by atoms with E-state index in [2.05, 4.69) is 5.32 Å². The summed E-state index contributed by atoms with van der Waals surface area (Å²) in [7, 11) is -2.25.